The number of fused-ring (bicyclic) bond motifs is 7. The Balaban J connectivity index is 1.81. The minimum absolute atomic E-state index is 0.240. The molecule has 1 atom stereocenters. The van der Waals surface area contributed by atoms with Gasteiger partial charge < -0.3 is 15.0 Å². The van der Waals surface area contributed by atoms with Crippen LogP contribution in [0.3, 0.4) is 0 Å². The number of rotatable bonds is 1. The highest BCUT2D eigenvalue weighted by Crippen LogP contribution is 2.39. The van der Waals surface area contributed by atoms with Gasteiger partial charge in [-0.2, -0.15) is 5.10 Å². The van der Waals surface area contributed by atoms with Gasteiger partial charge in [0.05, 0.1) is 11.4 Å². The molecule has 158 valence electrons. The quantitative estimate of drug-likeness (QED) is 0.487. The molecule has 0 saturated carbocycles. The monoisotopic (exact) mass is 415 g/mol. The zero-order valence-corrected chi connectivity index (χ0v) is 18.1. The third-order valence-corrected chi connectivity index (χ3v) is 5.79. The van der Waals surface area contributed by atoms with Crippen molar-refractivity contribution in [3.63, 3.8) is 0 Å². The molecule has 7 nitrogen and oxygen atoms in total. The lowest BCUT2D eigenvalue weighted by Gasteiger charge is -2.21. The molecule has 0 aliphatic carbocycles. The van der Waals surface area contributed by atoms with Crippen LogP contribution in [0.4, 0.5) is 5.82 Å². The van der Waals surface area contributed by atoms with Crippen molar-refractivity contribution in [2.45, 2.75) is 39.7 Å². The van der Waals surface area contributed by atoms with Crippen LogP contribution >= 0.6 is 0 Å². The molecule has 2 N–H and O–H groups in total. The Morgan fingerprint density at radius 2 is 2.10 bits per heavy atom. The Labute approximate surface area is 180 Å². The summed E-state index contributed by atoms with van der Waals surface area (Å²) in [4.78, 5) is 4.41. The van der Waals surface area contributed by atoms with Crippen LogP contribution in [0.2, 0.25) is 0 Å². The third kappa shape index (κ3) is 3.26. The molecule has 1 unspecified atom stereocenters. The zero-order chi connectivity index (χ0) is 21.7. The van der Waals surface area contributed by atoms with Crippen LogP contribution in [0, 0.1) is 6.92 Å². The predicted molar refractivity (Wildman–Crippen MR) is 119 cm³/mol. The number of pyridine rings is 1. The number of hydrogen-bond donors (Lipinski definition) is 1. The van der Waals surface area contributed by atoms with E-state index in [1.54, 1.807) is 6.20 Å². The molecule has 31 heavy (non-hydrogen) atoms. The summed E-state index contributed by atoms with van der Waals surface area (Å²) in [6.07, 6.45) is 4.89. The fourth-order valence-electron chi connectivity index (χ4n) is 4.30. The Hall–Kier alpha value is -3.61. The van der Waals surface area contributed by atoms with Gasteiger partial charge in [0.15, 0.2) is 11.6 Å². The number of nitrogen functional groups attached to an aromatic ring is 1. The van der Waals surface area contributed by atoms with Gasteiger partial charge in [-0.1, -0.05) is 35.8 Å². The van der Waals surface area contributed by atoms with Crippen LogP contribution in [-0.2, 0) is 19.9 Å². The number of anilines is 1. The highest BCUT2D eigenvalue weighted by Gasteiger charge is 2.25. The molecular weight excluding hydrogens is 390 g/mol. The van der Waals surface area contributed by atoms with Gasteiger partial charge in [0.1, 0.15) is 11.9 Å². The van der Waals surface area contributed by atoms with E-state index < -0.39 is 0 Å². The van der Waals surface area contributed by atoms with Gasteiger partial charge in [-0.3, -0.25) is 4.68 Å². The number of ether oxygens (including phenoxy) is 1. The average molecular weight is 415 g/mol. The lowest BCUT2D eigenvalue weighted by Crippen LogP contribution is -2.09. The van der Waals surface area contributed by atoms with Gasteiger partial charge in [-0.25, -0.2) is 4.98 Å². The van der Waals surface area contributed by atoms with E-state index in [-0.39, 0.29) is 6.10 Å². The molecule has 0 radical (unpaired) electrons. The second-order valence-electron chi connectivity index (χ2n) is 8.09. The second-order valence-corrected chi connectivity index (χ2v) is 8.09. The first kappa shape index (κ1) is 19.4. The van der Waals surface area contributed by atoms with E-state index in [0.717, 1.165) is 56.9 Å². The van der Waals surface area contributed by atoms with E-state index >= 15 is 0 Å². The van der Waals surface area contributed by atoms with Gasteiger partial charge in [-0.05, 0) is 19.9 Å². The largest absolute Gasteiger partial charge is 0.482 e. The fraction of sp³-hybridized carbons (Fsp3) is 0.292. The number of nitrogens with zero attached hydrogens (tertiary/aromatic N) is 4. The van der Waals surface area contributed by atoms with Crippen LogP contribution in [0.25, 0.3) is 22.4 Å². The molecule has 2 bridgehead atoms. The number of aryl methyl sites for hydroxylation is 3. The first-order chi connectivity index (χ1) is 14.9. The van der Waals surface area contributed by atoms with Gasteiger partial charge in [0, 0.05) is 60.1 Å². The van der Waals surface area contributed by atoms with E-state index in [1.807, 2.05) is 30.9 Å². The van der Waals surface area contributed by atoms with Crippen LogP contribution in [0.1, 0.15) is 48.1 Å². The highest BCUT2D eigenvalue weighted by molar-refractivity contribution is 5.73. The highest BCUT2D eigenvalue weighted by atomic mass is 16.5. The molecule has 4 heterocycles. The minimum atomic E-state index is -0.240. The molecule has 1 aromatic carbocycles. The summed E-state index contributed by atoms with van der Waals surface area (Å²) < 4.78 is 13.9. The topological polar surface area (TPSA) is 92.0 Å². The zero-order valence-electron chi connectivity index (χ0n) is 18.1. The van der Waals surface area contributed by atoms with Crippen molar-refractivity contribution in [1.29, 1.82) is 0 Å². The molecule has 7 heteroatoms. The predicted octanol–water partition coefficient (Wildman–Crippen LogP) is 4.63. The summed E-state index contributed by atoms with van der Waals surface area (Å²) in [5, 5.41) is 9.21. The lowest BCUT2D eigenvalue weighted by molar-refractivity contribution is 0.228. The maximum absolute atomic E-state index is 6.35. The van der Waals surface area contributed by atoms with E-state index in [2.05, 4.69) is 42.2 Å². The first-order valence-electron chi connectivity index (χ1n) is 10.5. The number of hydrogen-bond acceptors (Lipinski definition) is 6. The van der Waals surface area contributed by atoms with Gasteiger partial charge >= 0.3 is 0 Å². The molecular formula is C24H25N5O2. The van der Waals surface area contributed by atoms with Crippen LogP contribution < -0.4 is 10.5 Å². The van der Waals surface area contributed by atoms with E-state index in [4.69, 9.17) is 20.1 Å². The number of nitrogens with two attached hydrogens (primary N) is 1. The van der Waals surface area contributed by atoms with Gasteiger partial charge in [-0.15, -0.1) is 0 Å². The smallest absolute Gasteiger partial charge is 0.166 e. The van der Waals surface area contributed by atoms with Crippen molar-refractivity contribution in [1.82, 2.24) is 19.9 Å². The molecule has 3 aromatic heterocycles. The molecule has 5 rings (SSSR count). The molecule has 0 fully saturated rings. The molecule has 0 saturated heterocycles. The molecule has 0 amide bonds. The molecule has 0 spiro atoms. The molecule has 1 aliphatic heterocycles. The SMILES string of the molecule is CCc1onc2c1-c1cnc(N)c(c1)OC(C)c1cc(C)ccc1-c1nn(C)cc1C2. The summed E-state index contributed by atoms with van der Waals surface area (Å²) in [7, 11) is 1.94. The summed E-state index contributed by atoms with van der Waals surface area (Å²) >= 11 is 0. The van der Waals surface area contributed by atoms with Crippen molar-refractivity contribution < 1.29 is 9.26 Å². The van der Waals surface area contributed by atoms with E-state index in [9.17, 15) is 0 Å². The van der Waals surface area contributed by atoms with Crippen molar-refractivity contribution >= 4 is 5.82 Å². The fourth-order valence-corrected chi connectivity index (χ4v) is 4.30. The maximum Gasteiger partial charge on any atom is 0.166 e. The Morgan fingerprint density at radius 3 is 2.90 bits per heavy atom. The Morgan fingerprint density at radius 1 is 1.26 bits per heavy atom. The van der Waals surface area contributed by atoms with Gasteiger partial charge in [0.25, 0.3) is 0 Å². The van der Waals surface area contributed by atoms with Crippen LogP contribution in [0.5, 0.6) is 5.75 Å². The van der Waals surface area contributed by atoms with Crippen LogP contribution in [-0.4, -0.2) is 19.9 Å². The Bertz CT molecular complexity index is 1290. The normalized spacial score (nSPS) is 15.2. The summed E-state index contributed by atoms with van der Waals surface area (Å²) in [6, 6.07) is 8.30. The molecule has 1 aliphatic rings. The Kier molecular flexibility index (Phi) is 4.54. The van der Waals surface area contributed by atoms with Gasteiger partial charge in [0.2, 0.25) is 0 Å². The summed E-state index contributed by atoms with van der Waals surface area (Å²) in [5.74, 6) is 1.73. The van der Waals surface area contributed by atoms with Crippen molar-refractivity contribution in [3.8, 4) is 28.1 Å². The van der Waals surface area contributed by atoms with Crippen LogP contribution in [0.15, 0.2) is 41.2 Å². The average Bonchev–Trinajstić information content (AvgIpc) is 3.32. The standard InChI is InChI=1S/C24H25N5O2/c1-5-20-22-15-10-21(24(25)26-11-15)30-14(3)18-8-13(2)6-7-17(18)23-16(12-29(4)27-23)9-19(22)28-31-20/h6-8,10-12,14H,5,9H2,1-4H3,(H2,25,26). The molecule has 4 aromatic rings. The number of benzene rings is 1. The van der Waals surface area contributed by atoms with Crippen molar-refractivity contribution in [3.05, 3.63) is 64.8 Å². The first-order valence-corrected chi connectivity index (χ1v) is 10.5. The minimum Gasteiger partial charge on any atom is -0.482 e. The third-order valence-electron chi connectivity index (χ3n) is 5.79. The second kappa shape index (κ2) is 7.27. The summed E-state index contributed by atoms with van der Waals surface area (Å²) in [5.41, 5.74) is 14.1. The lowest BCUT2D eigenvalue weighted by atomic mass is 9.93. The van der Waals surface area contributed by atoms with E-state index in [0.29, 0.717) is 18.0 Å². The van der Waals surface area contributed by atoms with E-state index in [1.165, 1.54) is 0 Å². The van der Waals surface area contributed by atoms with Crippen molar-refractivity contribution in [2.24, 2.45) is 7.05 Å². The van der Waals surface area contributed by atoms with Crippen molar-refractivity contribution in [2.75, 3.05) is 5.73 Å². The number of aromatic nitrogens is 4. The maximum atomic E-state index is 6.35. The summed E-state index contributed by atoms with van der Waals surface area (Å²) in [6.45, 7) is 6.16.